The second-order valence-corrected chi connectivity index (χ2v) is 4.40. The SMILES string of the molecule is CC1COCCCN1C1(CN)CC1. The third-order valence-corrected chi connectivity index (χ3v) is 3.40. The molecule has 0 spiro atoms. The summed E-state index contributed by atoms with van der Waals surface area (Å²) in [6, 6.07) is 0.550. The number of ether oxygens (including phenoxy) is 1. The third-order valence-electron chi connectivity index (χ3n) is 3.40. The van der Waals surface area contributed by atoms with Crippen LogP contribution >= 0.6 is 0 Å². The van der Waals surface area contributed by atoms with Crippen molar-refractivity contribution in [2.45, 2.75) is 37.8 Å². The molecule has 0 aromatic rings. The van der Waals surface area contributed by atoms with Crippen LogP contribution in [0.4, 0.5) is 0 Å². The van der Waals surface area contributed by atoms with Crippen molar-refractivity contribution < 1.29 is 4.74 Å². The van der Waals surface area contributed by atoms with E-state index in [9.17, 15) is 0 Å². The van der Waals surface area contributed by atoms with Crippen LogP contribution in [0.3, 0.4) is 0 Å². The number of nitrogens with zero attached hydrogens (tertiary/aromatic N) is 1. The molecule has 2 N–H and O–H groups in total. The van der Waals surface area contributed by atoms with Gasteiger partial charge in [0.05, 0.1) is 6.61 Å². The monoisotopic (exact) mass is 184 g/mol. The molecule has 13 heavy (non-hydrogen) atoms. The van der Waals surface area contributed by atoms with E-state index in [0.717, 1.165) is 26.2 Å². The first-order valence-electron chi connectivity index (χ1n) is 5.33. The molecule has 1 saturated carbocycles. The van der Waals surface area contributed by atoms with E-state index in [1.54, 1.807) is 0 Å². The van der Waals surface area contributed by atoms with Crippen LogP contribution in [0.25, 0.3) is 0 Å². The Kier molecular flexibility index (Phi) is 2.58. The first-order valence-corrected chi connectivity index (χ1v) is 5.33. The largest absolute Gasteiger partial charge is 0.380 e. The van der Waals surface area contributed by atoms with Gasteiger partial charge in [-0.2, -0.15) is 0 Å². The third kappa shape index (κ3) is 1.73. The minimum absolute atomic E-state index is 0.354. The van der Waals surface area contributed by atoms with Crippen LogP contribution in [0, 0.1) is 0 Å². The summed E-state index contributed by atoms with van der Waals surface area (Å²) >= 11 is 0. The molecule has 0 aromatic carbocycles. The molecule has 1 heterocycles. The fourth-order valence-electron chi connectivity index (χ4n) is 2.36. The van der Waals surface area contributed by atoms with E-state index in [0.29, 0.717) is 11.6 Å². The van der Waals surface area contributed by atoms with Gasteiger partial charge in [0, 0.05) is 31.3 Å². The molecule has 1 aliphatic heterocycles. The summed E-state index contributed by atoms with van der Waals surface area (Å²) in [5, 5.41) is 0. The van der Waals surface area contributed by atoms with Crippen LogP contribution < -0.4 is 5.73 Å². The molecular formula is C10H20N2O. The van der Waals surface area contributed by atoms with Crippen LogP contribution in [0.2, 0.25) is 0 Å². The molecule has 1 unspecified atom stereocenters. The predicted molar refractivity (Wildman–Crippen MR) is 52.6 cm³/mol. The van der Waals surface area contributed by atoms with Gasteiger partial charge in [0.2, 0.25) is 0 Å². The van der Waals surface area contributed by atoms with Crippen molar-refractivity contribution in [3.05, 3.63) is 0 Å². The summed E-state index contributed by atoms with van der Waals surface area (Å²) < 4.78 is 5.52. The van der Waals surface area contributed by atoms with E-state index in [1.807, 2.05) is 0 Å². The first kappa shape index (κ1) is 9.44. The molecule has 0 amide bonds. The summed E-state index contributed by atoms with van der Waals surface area (Å²) in [7, 11) is 0. The molecular weight excluding hydrogens is 164 g/mol. The Labute approximate surface area is 80.2 Å². The van der Waals surface area contributed by atoms with Crippen LogP contribution in [-0.2, 0) is 4.74 Å². The van der Waals surface area contributed by atoms with Gasteiger partial charge in [-0.25, -0.2) is 0 Å². The van der Waals surface area contributed by atoms with Gasteiger partial charge in [0.1, 0.15) is 0 Å². The second kappa shape index (κ2) is 3.56. The Morgan fingerprint density at radius 1 is 1.54 bits per heavy atom. The minimum atomic E-state index is 0.354. The maximum Gasteiger partial charge on any atom is 0.0619 e. The molecule has 0 aromatic heterocycles. The van der Waals surface area contributed by atoms with Crippen molar-refractivity contribution in [2.24, 2.45) is 5.73 Å². The van der Waals surface area contributed by atoms with Gasteiger partial charge in [0.15, 0.2) is 0 Å². The van der Waals surface area contributed by atoms with E-state index in [1.165, 1.54) is 19.4 Å². The molecule has 2 aliphatic rings. The Morgan fingerprint density at radius 2 is 2.31 bits per heavy atom. The second-order valence-electron chi connectivity index (χ2n) is 4.40. The first-order chi connectivity index (χ1) is 6.28. The molecule has 0 bridgehead atoms. The Bertz CT molecular complexity index is 180. The fourth-order valence-corrected chi connectivity index (χ4v) is 2.36. The van der Waals surface area contributed by atoms with Gasteiger partial charge in [-0.3, -0.25) is 4.90 Å². The highest BCUT2D eigenvalue weighted by Crippen LogP contribution is 2.42. The van der Waals surface area contributed by atoms with Crippen molar-refractivity contribution in [1.29, 1.82) is 0 Å². The zero-order valence-corrected chi connectivity index (χ0v) is 8.46. The van der Waals surface area contributed by atoms with Crippen LogP contribution in [-0.4, -0.2) is 42.8 Å². The summed E-state index contributed by atoms with van der Waals surface area (Å²) in [6.07, 6.45) is 3.73. The average Bonchev–Trinajstić information content (AvgIpc) is 2.90. The molecule has 1 saturated heterocycles. The van der Waals surface area contributed by atoms with Gasteiger partial charge in [-0.05, 0) is 26.2 Å². The molecule has 0 radical (unpaired) electrons. The van der Waals surface area contributed by atoms with Crippen molar-refractivity contribution in [2.75, 3.05) is 26.3 Å². The van der Waals surface area contributed by atoms with Crippen molar-refractivity contribution in [1.82, 2.24) is 4.90 Å². The van der Waals surface area contributed by atoms with E-state index >= 15 is 0 Å². The van der Waals surface area contributed by atoms with Gasteiger partial charge >= 0.3 is 0 Å². The summed E-state index contributed by atoms with van der Waals surface area (Å²) in [5.74, 6) is 0. The van der Waals surface area contributed by atoms with E-state index in [2.05, 4.69) is 11.8 Å². The Balaban J connectivity index is 2.02. The number of hydrogen-bond acceptors (Lipinski definition) is 3. The summed E-state index contributed by atoms with van der Waals surface area (Å²) in [5.41, 5.74) is 6.18. The van der Waals surface area contributed by atoms with Crippen molar-refractivity contribution in [3.63, 3.8) is 0 Å². The lowest BCUT2D eigenvalue weighted by molar-refractivity contribution is 0.0822. The molecule has 76 valence electrons. The summed E-state index contributed by atoms with van der Waals surface area (Å²) in [6.45, 7) is 6.03. The number of rotatable bonds is 2. The van der Waals surface area contributed by atoms with E-state index in [-0.39, 0.29) is 0 Å². The summed E-state index contributed by atoms with van der Waals surface area (Å²) in [4.78, 5) is 2.57. The lowest BCUT2D eigenvalue weighted by atomic mass is 10.1. The topological polar surface area (TPSA) is 38.5 Å². The zero-order chi connectivity index (χ0) is 9.31. The van der Waals surface area contributed by atoms with Crippen LogP contribution in [0.15, 0.2) is 0 Å². The maximum atomic E-state index is 5.83. The number of nitrogens with two attached hydrogens (primary N) is 1. The average molecular weight is 184 g/mol. The highest BCUT2D eigenvalue weighted by atomic mass is 16.5. The van der Waals surface area contributed by atoms with Gasteiger partial charge in [-0.1, -0.05) is 0 Å². The van der Waals surface area contributed by atoms with Crippen LogP contribution in [0.1, 0.15) is 26.2 Å². The Hall–Kier alpha value is -0.120. The smallest absolute Gasteiger partial charge is 0.0619 e. The normalized spacial score (nSPS) is 34.2. The maximum absolute atomic E-state index is 5.83. The van der Waals surface area contributed by atoms with Crippen molar-refractivity contribution in [3.8, 4) is 0 Å². The quantitative estimate of drug-likeness (QED) is 0.682. The Morgan fingerprint density at radius 3 is 2.92 bits per heavy atom. The van der Waals surface area contributed by atoms with E-state index in [4.69, 9.17) is 10.5 Å². The predicted octanol–water partition coefficient (Wildman–Crippen LogP) is 0.588. The highest BCUT2D eigenvalue weighted by molar-refractivity contribution is 5.06. The highest BCUT2D eigenvalue weighted by Gasteiger charge is 2.48. The fraction of sp³-hybridized carbons (Fsp3) is 1.00. The van der Waals surface area contributed by atoms with Gasteiger partial charge in [0.25, 0.3) is 0 Å². The van der Waals surface area contributed by atoms with Crippen molar-refractivity contribution >= 4 is 0 Å². The molecule has 1 atom stereocenters. The molecule has 3 nitrogen and oxygen atoms in total. The molecule has 2 fully saturated rings. The van der Waals surface area contributed by atoms with E-state index < -0.39 is 0 Å². The number of hydrogen-bond donors (Lipinski definition) is 1. The molecule has 2 rings (SSSR count). The minimum Gasteiger partial charge on any atom is -0.380 e. The lowest BCUT2D eigenvalue weighted by Crippen LogP contribution is -2.48. The van der Waals surface area contributed by atoms with Gasteiger partial charge < -0.3 is 10.5 Å². The standard InChI is InChI=1S/C10H20N2O/c1-9-7-13-6-2-5-12(9)10(8-11)3-4-10/h9H,2-8,11H2,1H3. The zero-order valence-electron chi connectivity index (χ0n) is 8.46. The lowest BCUT2D eigenvalue weighted by Gasteiger charge is -2.34. The molecule has 3 heteroatoms. The van der Waals surface area contributed by atoms with Gasteiger partial charge in [-0.15, -0.1) is 0 Å². The molecule has 1 aliphatic carbocycles. The van der Waals surface area contributed by atoms with Crippen LogP contribution in [0.5, 0.6) is 0 Å².